The van der Waals surface area contributed by atoms with Gasteiger partial charge in [0.05, 0.1) is 13.2 Å². The topological polar surface area (TPSA) is 29.5 Å². The fraction of sp³-hybridized carbons (Fsp3) is 0.909. The Bertz CT molecular complexity index is 144. The molecule has 14 heavy (non-hydrogen) atoms. The van der Waals surface area contributed by atoms with Crippen LogP contribution in [0.25, 0.3) is 0 Å². The summed E-state index contributed by atoms with van der Waals surface area (Å²) in [5.74, 6) is 0. The van der Waals surface area contributed by atoms with Gasteiger partial charge >= 0.3 is 0 Å². The minimum absolute atomic E-state index is 0.734. The molecule has 0 radical (unpaired) electrons. The molecule has 1 saturated heterocycles. The van der Waals surface area contributed by atoms with E-state index in [0.29, 0.717) is 0 Å². The second-order valence-corrected chi connectivity index (χ2v) is 3.82. The van der Waals surface area contributed by atoms with E-state index in [4.69, 9.17) is 4.74 Å². The Kier molecular flexibility index (Phi) is 6.62. The monoisotopic (exact) mass is 199 g/mol. The van der Waals surface area contributed by atoms with Crippen LogP contribution >= 0.6 is 0 Å². The zero-order valence-electron chi connectivity index (χ0n) is 8.91. The maximum atomic E-state index is 10.1. The minimum atomic E-state index is 0.734. The molecule has 0 aromatic rings. The summed E-state index contributed by atoms with van der Waals surface area (Å²) < 4.78 is 5.28. The molecule has 0 atom stereocenters. The van der Waals surface area contributed by atoms with Gasteiger partial charge < -0.3 is 9.53 Å². The second kappa shape index (κ2) is 7.94. The molecule has 0 unspecified atom stereocenters. The largest absolute Gasteiger partial charge is 0.379 e. The lowest BCUT2D eigenvalue weighted by Crippen LogP contribution is -2.36. The lowest BCUT2D eigenvalue weighted by molar-refractivity contribution is -0.107. The first kappa shape index (κ1) is 11.7. The quantitative estimate of drug-likeness (QED) is 0.459. The Morgan fingerprint density at radius 2 is 1.79 bits per heavy atom. The zero-order chi connectivity index (χ0) is 10.1. The average Bonchev–Trinajstić information content (AvgIpc) is 2.25. The van der Waals surface area contributed by atoms with Gasteiger partial charge in [-0.15, -0.1) is 0 Å². The number of hydrogen-bond acceptors (Lipinski definition) is 3. The van der Waals surface area contributed by atoms with Gasteiger partial charge in [-0.25, -0.2) is 0 Å². The summed E-state index contributed by atoms with van der Waals surface area (Å²) in [6, 6.07) is 0. The van der Waals surface area contributed by atoms with Crippen molar-refractivity contribution in [1.82, 2.24) is 4.90 Å². The van der Waals surface area contributed by atoms with E-state index in [0.717, 1.165) is 45.4 Å². The Morgan fingerprint density at radius 3 is 2.50 bits per heavy atom. The van der Waals surface area contributed by atoms with Gasteiger partial charge in [0.1, 0.15) is 6.29 Å². The highest BCUT2D eigenvalue weighted by Crippen LogP contribution is 2.04. The van der Waals surface area contributed by atoms with Crippen LogP contribution in [0.5, 0.6) is 0 Å². The van der Waals surface area contributed by atoms with E-state index in [2.05, 4.69) is 4.90 Å². The van der Waals surface area contributed by atoms with E-state index >= 15 is 0 Å². The fourth-order valence-corrected chi connectivity index (χ4v) is 1.74. The number of ether oxygens (including phenoxy) is 1. The Morgan fingerprint density at radius 1 is 1.07 bits per heavy atom. The highest BCUT2D eigenvalue weighted by Gasteiger charge is 2.08. The van der Waals surface area contributed by atoms with Crippen molar-refractivity contribution >= 4 is 6.29 Å². The molecule has 3 heteroatoms. The van der Waals surface area contributed by atoms with Crippen molar-refractivity contribution in [3.05, 3.63) is 0 Å². The maximum Gasteiger partial charge on any atom is 0.119 e. The summed E-state index contributed by atoms with van der Waals surface area (Å²) in [5, 5.41) is 0. The molecular formula is C11H21NO2. The third kappa shape index (κ3) is 5.35. The second-order valence-electron chi connectivity index (χ2n) is 3.82. The first-order valence-corrected chi connectivity index (χ1v) is 5.67. The van der Waals surface area contributed by atoms with Crippen molar-refractivity contribution in [2.75, 3.05) is 32.8 Å². The SMILES string of the molecule is O=CCCCCCCN1CCOCC1. The molecule has 0 bridgehead atoms. The predicted octanol–water partition coefficient (Wildman–Crippen LogP) is 1.47. The van der Waals surface area contributed by atoms with E-state index in [-0.39, 0.29) is 0 Å². The first-order valence-electron chi connectivity index (χ1n) is 5.67. The predicted molar refractivity (Wildman–Crippen MR) is 56.4 cm³/mol. The van der Waals surface area contributed by atoms with Crippen molar-refractivity contribution in [1.29, 1.82) is 0 Å². The lowest BCUT2D eigenvalue weighted by atomic mass is 10.1. The van der Waals surface area contributed by atoms with Crippen LogP contribution < -0.4 is 0 Å². The number of nitrogens with zero attached hydrogens (tertiary/aromatic N) is 1. The van der Waals surface area contributed by atoms with Crippen LogP contribution in [-0.2, 0) is 9.53 Å². The lowest BCUT2D eigenvalue weighted by Gasteiger charge is -2.26. The molecule has 0 N–H and O–H groups in total. The molecule has 1 heterocycles. The van der Waals surface area contributed by atoms with E-state index in [1.807, 2.05) is 0 Å². The molecule has 1 fully saturated rings. The molecule has 1 aliphatic heterocycles. The summed E-state index contributed by atoms with van der Waals surface area (Å²) in [6.07, 6.45) is 6.53. The number of carbonyl (C=O) groups is 1. The van der Waals surface area contributed by atoms with Crippen molar-refractivity contribution in [3.63, 3.8) is 0 Å². The number of hydrogen-bond donors (Lipinski definition) is 0. The molecule has 82 valence electrons. The molecule has 1 rings (SSSR count). The number of rotatable bonds is 7. The van der Waals surface area contributed by atoms with Crippen LogP contribution in [0.2, 0.25) is 0 Å². The number of unbranched alkanes of at least 4 members (excludes halogenated alkanes) is 4. The number of carbonyl (C=O) groups excluding carboxylic acids is 1. The maximum absolute atomic E-state index is 10.1. The number of aldehydes is 1. The van der Waals surface area contributed by atoms with Gasteiger partial charge in [0.15, 0.2) is 0 Å². The van der Waals surface area contributed by atoms with Gasteiger partial charge in [-0.05, 0) is 19.4 Å². The summed E-state index contributed by atoms with van der Waals surface area (Å²) >= 11 is 0. The normalized spacial score (nSPS) is 18.3. The summed E-state index contributed by atoms with van der Waals surface area (Å²) in [5.41, 5.74) is 0. The minimum Gasteiger partial charge on any atom is -0.379 e. The van der Waals surface area contributed by atoms with Crippen molar-refractivity contribution in [2.24, 2.45) is 0 Å². The van der Waals surface area contributed by atoms with Gasteiger partial charge in [0, 0.05) is 19.5 Å². The Hall–Kier alpha value is -0.410. The average molecular weight is 199 g/mol. The van der Waals surface area contributed by atoms with E-state index in [9.17, 15) is 4.79 Å². The molecule has 0 aliphatic carbocycles. The van der Waals surface area contributed by atoms with E-state index in [1.165, 1.54) is 25.8 Å². The highest BCUT2D eigenvalue weighted by atomic mass is 16.5. The highest BCUT2D eigenvalue weighted by molar-refractivity contribution is 5.48. The molecule has 0 saturated carbocycles. The molecule has 1 aliphatic rings. The Labute approximate surface area is 86.4 Å². The van der Waals surface area contributed by atoms with Crippen LogP contribution in [0.3, 0.4) is 0 Å². The van der Waals surface area contributed by atoms with Gasteiger partial charge in [0.2, 0.25) is 0 Å². The smallest absolute Gasteiger partial charge is 0.119 e. The van der Waals surface area contributed by atoms with Crippen LogP contribution in [-0.4, -0.2) is 44.0 Å². The molecule has 0 aromatic heterocycles. The molecule has 0 aromatic carbocycles. The third-order valence-corrected chi connectivity index (χ3v) is 2.65. The summed E-state index contributed by atoms with van der Waals surface area (Å²) in [4.78, 5) is 12.5. The molecule has 0 spiro atoms. The molecular weight excluding hydrogens is 178 g/mol. The molecule has 0 amide bonds. The van der Waals surface area contributed by atoms with E-state index < -0.39 is 0 Å². The fourth-order valence-electron chi connectivity index (χ4n) is 1.74. The van der Waals surface area contributed by atoms with Crippen LogP contribution in [0, 0.1) is 0 Å². The summed E-state index contributed by atoms with van der Waals surface area (Å²) in [6.45, 7) is 5.17. The van der Waals surface area contributed by atoms with Crippen LogP contribution in [0.1, 0.15) is 32.1 Å². The van der Waals surface area contributed by atoms with Gasteiger partial charge in [-0.2, -0.15) is 0 Å². The van der Waals surface area contributed by atoms with Crippen LogP contribution in [0.15, 0.2) is 0 Å². The zero-order valence-corrected chi connectivity index (χ0v) is 8.91. The third-order valence-electron chi connectivity index (χ3n) is 2.65. The molecule has 3 nitrogen and oxygen atoms in total. The standard InChI is InChI=1S/C11H21NO2/c13-9-5-3-1-2-4-6-12-7-10-14-11-8-12/h9H,1-8,10-11H2. The number of morpholine rings is 1. The summed E-state index contributed by atoms with van der Waals surface area (Å²) in [7, 11) is 0. The van der Waals surface area contributed by atoms with Gasteiger partial charge in [-0.3, -0.25) is 4.90 Å². The first-order chi connectivity index (χ1) is 6.93. The van der Waals surface area contributed by atoms with Gasteiger partial charge in [0.25, 0.3) is 0 Å². The van der Waals surface area contributed by atoms with Crippen LogP contribution in [0.4, 0.5) is 0 Å². The van der Waals surface area contributed by atoms with Gasteiger partial charge in [-0.1, -0.05) is 12.8 Å². The van der Waals surface area contributed by atoms with Crippen molar-refractivity contribution < 1.29 is 9.53 Å². The van der Waals surface area contributed by atoms with Crippen molar-refractivity contribution in [3.8, 4) is 0 Å². The van der Waals surface area contributed by atoms with Crippen molar-refractivity contribution in [2.45, 2.75) is 32.1 Å². The Balaban J connectivity index is 1.85. The van der Waals surface area contributed by atoms with E-state index in [1.54, 1.807) is 0 Å².